The molecule has 0 radical (unpaired) electrons. The van der Waals surface area contributed by atoms with Gasteiger partial charge in [-0.1, -0.05) is 29.4 Å². The summed E-state index contributed by atoms with van der Waals surface area (Å²) in [5.41, 5.74) is 3.83. The van der Waals surface area contributed by atoms with Crippen LogP contribution in [0.5, 0.6) is 0 Å². The highest BCUT2D eigenvalue weighted by Crippen LogP contribution is 2.52. The fraction of sp³-hybridized carbons (Fsp3) is 0.467. The van der Waals surface area contributed by atoms with E-state index in [1.165, 1.54) is 11.8 Å². The molecule has 7 rings (SSSR count). The van der Waals surface area contributed by atoms with E-state index in [0.29, 0.717) is 46.0 Å². The molecule has 5 heterocycles. The van der Waals surface area contributed by atoms with E-state index >= 15 is 0 Å². The van der Waals surface area contributed by atoms with Crippen molar-refractivity contribution in [1.29, 1.82) is 5.26 Å². The van der Waals surface area contributed by atoms with Crippen molar-refractivity contribution in [3.63, 3.8) is 0 Å². The normalized spacial score (nSPS) is 20.4. The molecule has 3 aliphatic rings. The number of aromatic amines is 1. The van der Waals surface area contributed by atoms with E-state index in [4.69, 9.17) is 21.6 Å². The van der Waals surface area contributed by atoms with Crippen LogP contribution in [0.3, 0.4) is 0 Å². The van der Waals surface area contributed by atoms with Gasteiger partial charge in [0.15, 0.2) is 11.3 Å². The zero-order valence-electron chi connectivity index (χ0n) is 24.2. The van der Waals surface area contributed by atoms with Crippen molar-refractivity contribution < 1.29 is 4.55 Å². The minimum atomic E-state index is -1.22. The van der Waals surface area contributed by atoms with Gasteiger partial charge in [-0.2, -0.15) is 15.3 Å². The van der Waals surface area contributed by atoms with E-state index in [2.05, 4.69) is 41.9 Å². The summed E-state index contributed by atoms with van der Waals surface area (Å²) in [6, 6.07) is 8.16. The van der Waals surface area contributed by atoms with Crippen LogP contribution in [0.25, 0.3) is 11.0 Å². The Hall–Kier alpha value is -2.95. The third-order valence-electron chi connectivity index (χ3n) is 8.72. The standard InChI is InChI=1S/C30H32ClN9OS2/c1-29(2,3)43(41)39-25-18-5-4-11-33-19(18)15-30(25)9-13-40(14-10-30)28-35-20(16-32)22-26(36-28)37-38-27(22)42-21-8-12-34-24(23(21)31)17-6-7-17/h4-5,8,11-12,17,25,39H,6-7,9-10,13-15H2,1-3H3,(H,35,36,37,38)/t25-,43-/m1/s1. The van der Waals surface area contributed by atoms with E-state index in [9.17, 15) is 9.81 Å². The first-order valence-electron chi connectivity index (χ1n) is 14.5. The van der Waals surface area contributed by atoms with Crippen LogP contribution in [-0.4, -0.2) is 52.5 Å². The van der Waals surface area contributed by atoms with E-state index < -0.39 is 11.4 Å². The highest BCUT2D eigenvalue weighted by Gasteiger charge is 2.51. The Bertz CT molecular complexity index is 1740. The average Bonchev–Trinajstić information content (AvgIpc) is 3.70. The molecule has 1 saturated carbocycles. The predicted molar refractivity (Wildman–Crippen MR) is 167 cm³/mol. The highest BCUT2D eigenvalue weighted by molar-refractivity contribution is 7.99. The number of anilines is 1. The largest absolute Gasteiger partial charge is 0.598 e. The lowest BCUT2D eigenvalue weighted by molar-refractivity contribution is 0.175. The summed E-state index contributed by atoms with van der Waals surface area (Å²) in [6.45, 7) is 7.37. The van der Waals surface area contributed by atoms with Crippen LogP contribution in [-0.2, 0) is 17.8 Å². The fourth-order valence-corrected chi connectivity index (χ4v) is 8.41. The van der Waals surface area contributed by atoms with Crippen molar-refractivity contribution in [1.82, 2.24) is 34.9 Å². The number of aromatic nitrogens is 6. The number of fused-ring (bicyclic) bond motifs is 2. The lowest BCUT2D eigenvalue weighted by Crippen LogP contribution is -2.50. The third-order valence-corrected chi connectivity index (χ3v) is 11.8. The highest BCUT2D eigenvalue weighted by atomic mass is 35.5. The first-order chi connectivity index (χ1) is 20.7. The smallest absolute Gasteiger partial charge is 0.228 e. The number of hydrogen-bond acceptors (Lipinski definition) is 10. The molecule has 1 aliphatic heterocycles. The van der Waals surface area contributed by atoms with Crippen LogP contribution in [0.4, 0.5) is 5.95 Å². The maximum absolute atomic E-state index is 13.2. The lowest BCUT2D eigenvalue weighted by atomic mass is 9.73. The van der Waals surface area contributed by atoms with Crippen LogP contribution in [0.15, 0.2) is 40.5 Å². The van der Waals surface area contributed by atoms with Gasteiger partial charge >= 0.3 is 0 Å². The molecule has 0 aromatic carbocycles. The summed E-state index contributed by atoms with van der Waals surface area (Å²) < 4.78 is 16.3. The summed E-state index contributed by atoms with van der Waals surface area (Å²) in [7, 11) is 0. The van der Waals surface area contributed by atoms with Gasteiger partial charge in [-0.15, -0.1) is 4.72 Å². The average molecular weight is 634 g/mol. The molecule has 0 bridgehead atoms. The molecule has 4 aromatic rings. The van der Waals surface area contributed by atoms with Crippen LogP contribution in [0, 0.1) is 16.7 Å². The zero-order chi connectivity index (χ0) is 29.9. The number of nitrogens with zero attached hydrogens (tertiary/aromatic N) is 7. The van der Waals surface area contributed by atoms with Crippen molar-refractivity contribution in [2.75, 3.05) is 18.0 Å². The molecule has 2 fully saturated rings. The van der Waals surface area contributed by atoms with Crippen LogP contribution in [0.2, 0.25) is 5.02 Å². The second kappa shape index (κ2) is 10.9. The van der Waals surface area contributed by atoms with E-state index in [-0.39, 0.29) is 21.9 Å². The van der Waals surface area contributed by atoms with Crippen molar-refractivity contribution >= 4 is 51.7 Å². The Morgan fingerprint density at radius 3 is 2.70 bits per heavy atom. The van der Waals surface area contributed by atoms with Gasteiger partial charge < -0.3 is 9.45 Å². The molecule has 10 nitrogen and oxygen atoms in total. The van der Waals surface area contributed by atoms with Gasteiger partial charge in [0, 0.05) is 58.8 Å². The number of halogens is 1. The molecule has 1 saturated heterocycles. The number of nitrogens with one attached hydrogen (secondary N) is 2. The molecule has 0 unspecified atom stereocenters. The second-order valence-corrected chi connectivity index (χ2v) is 16.0. The Kier molecular flexibility index (Phi) is 7.29. The molecule has 2 aliphatic carbocycles. The van der Waals surface area contributed by atoms with Crippen LogP contribution >= 0.6 is 23.4 Å². The van der Waals surface area contributed by atoms with Crippen molar-refractivity contribution in [3.8, 4) is 6.07 Å². The van der Waals surface area contributed by atoms with Gasteiger partial charge in [-0.05, 0) is 70.6 Å². The number of nitriles is 1. The molecular weight excluding hydrogens is 602 g/mol. The molecule has 1 spiro atoms. The van der Waals surface area contributed by atoms with Gasteiger partial charge in [0.1, 0.15) is 15.8 Å². The molecule has 2 N–H and O–H groups in total. The van der Waals surface area contributed by atoms with E-state index in [1.54, 1.807) is 6.20 Å². The Labute approximate surface area is 262 Å². The minimum absolute atomic E-state index is 0.0518. The quantitative estimate of drug-likeness (QED) is 0.256. The number of rotatable bonds is 6. The lowest BCUT2D eigenvalue weighted by Gasteiger charge is -2.43. The first-order valence-corrected chi connectivity index (χ1v) is 16.9. The summed E-state index contributed by atoms with van der Waals surface area (Å²) >= 11 is 6.88. The minimum Gasteiger partial charge on any atom is -0.598 e. The van der Waals surface area contributed by atoms with Gasteiger partial charge in [-0.3, -0.25) is 15.1 Å². The summed E-state index contributed by atoms with van der Waals surface area (Å²) in [5.74, 6) is 0.933. The molecule has 4 aromatic heterocycles. The van der Waals surface area contributed by atoms with Crippen LogP contribution in [0.1, 0.15) is 81.1 Å². The Balaban J connectivity index is 1.13. The molecule has 43 heavy (non-hydrogen) atoms. The van der Waals surface area contributed by atoms with Gasteiger partial charge in [0.25, 0.3) is 0 Å². The predicted octanol–water partition coefficient (Wildman–Crippen LogP) is 5.63. The summed E-state index contributed by atoms with van der Waals surface area (Å²) in [4.78, 5) is 21.7. The number of pyridine rings is 2. The number of H-pyrrole nitrogens is 1. The molecule has 13 heteroatoms. The number of piperidine rings is 1. The Morgan fingerprint density at radius 2 is 1.98 bits per heavy atom. The molecule has 2 atom stereocenters. The topological polar surface area (TPSA) is 142 Å². The monoisotopic (exact) mass is 633 g/mol. The van der Waals surface area contributed by atoms with Crippen LogP contribution < -0.4 is 9.62 Å². The SMILES string of the molecule is CC(C)(C)[S@@+]([O-])N[C@@H]1c2cccnc2CC12CCN(c1nc(C#N)c3c(Sc4ccnc(C5CC5)c4Cl)n[nH]c3n1)CC2. The van der Waals surface area contributed by atoms with E-state index in [1.807, 2.05) is 39.1 Å². The first kappa shape index (κ1) is 28.8. The van der Waals surface area contributed by atoms with E-state index in [0.717, 1.165) is 54.0 Å². The third kappa shape index (κ3) is 5.25. The maximum atomic E-state index is 13.2. The second-order valence-electron chi connectivity index (χ2n) is 12.6. The van der Waals surface area contributed by atoms with Crippen molar-refractivity contribution in [2.24, 2.45) is 5.41 Å². The molecule has 222 valence electrons. The van der Waals surface area contributed by atoms with Gasteiger partial charge in [-0.25, -0.2) is 4.98 Å². The van der Waals surface area contributed by atoms with Crippen molar-refractivity contribution in [3.05, 3.63) is 58.3 Å². The van der Waals surface area contributed by atoms with Gasteiger partial charge in [0.05, 0.1) is 22.1 Å². The summed E-state index contributed by atoms with van der Waals surface area (Å²) in [5, 5.41) is 19.5. The molecular formula is C30H32ClN9OS2. The fourth-order valence-electron chi connectivity index (χ4n) is 6.17. The van der Waals surface area contributed by atoms with Gasteiger partial charge in [0.2, 0.25) is 5.95 Å². The maximum Gasteiger partial charge on any atom is 0.228 e. The summed E-state index contributed by atoms with van der Waals surface area (Å²) in [6.07, 6.45) is 8.36. The number of hydrogen-bond donors (Lipinski definition) is 2. The zero-order valence-corrected chi connectivity index (χ0v) is 26.6. The Morgan fingerprint density at radius 1 is 1.19 bits per heavy atom. The molecule has 0 amide bonds. The van der Waals surface area contributed by atoms with Crippen molar-refractivity contribution in [2.45, 2.75) is 79.5 Å².